The van der Waals surface area contributed by atoms with Crippen LogP contribution in [0.15, 0.2) is 11.4 Å². The molecule has 1 amide bonds. The van der Waals surface area contributed by atoms with Crippen LogP contribution in [0.1, 0.15) is 45.4 Å². The second kappa shape index (κ2) is 5.94. The fraction of sp³-hybridized carbons (Fsp3) is 0.533. The van der Waals surface area contributed by atoms with Gasteiger partial charge in [0.15, 0.2) is 0 Å². The van der Waals surface area contributed by atoms with Crippen molar-refractivity contribution < 1.29 is 4.79 Å². The third kappa shape index (κ3) is 3.30. The number of aromatic nitrogens is 2. The van der Waals surface area contributed by atoms with Crippen molar-refractivity contribution in [1.82, 2.24) is 15.5 Å². The van der Waals surface area contributed by atoms with Gasteiger partial charge in [0.2, 0.25) is 5.13 Å². The predicted molar refractivity (Wildman–Crippen MR) is 92.2 cm³/mol. The molecule has 2 saturated carbocycles. The molecule has 0 radical (unpaired) electrons. The van der Waals surface area contributed by atoms with Crippen LogP contribution in [0.4, 0.5) is 5.13 Å². The number of nitrogens with one attached hydrogen (secondary N) is 2. The lowest BCUT2D eigenvalue weighted by molar-refractivity contribution is 0.103. The summed E-state index contributed by atoms with van der Waals surface area (Å²) in [6.07, 6.45) is 3.32. The van der Waals surface area contributed by atoms with E-state index in [2.05, 4.69) is 26.2 Å². The summed E-state index contributed by atoms with van der Waals surface area (Å²) >= 11 is 2.87. The predicted octanol–water partition coefficient (Wildman–Crippen LogP) is 2.10. The number of nitrogens with two attached hydrogens (primary N) is 1. The van der Waals surface area contributed by atoms with Crippen molar-refractivity contribution in [2.24, 2.45) is 5.73 Å². The monoisotopic (exact) mass is 349 g/mol. The first kappa shape index (κ1) is 15.2. The van der Waals surface area contributed by atoms with Gasteiger partial charge in [-0.1, -0.05) is 11.3 Å². The van der Waals surface area contributed by atoms with Crippen LogP contribution in [-0.2, 0) is 0 Å². The molecule has 0 bridgehead atoms. The van der Waals surface area contributed by atoms with Crippen LogP contribution in [-0.4, -0.2) is 34.2 Å². The molecule has 0 saturated heterocycles. The first-order valence-electron chi connectivity index (χ1n) is 7.80. The third-order valence-corrected chi connectivity index (χ3v) is 6.13. The molecule has 2 aliphatic rings. The standard InChI is InChI=1S/C15H19N5OS2/c1-7-19-20-15(23-7)18-14(21)13-2-8(6-22-13)11-5-12(11)17-10-3-9(16)4-10/h2,6,9-12,17H,3-5,16H2,1H3,(H,18,20,21). The van der Waals surface area contributed by atoms with Crippen molar-refractivity contribution in [3.8, 4) is 0 Å². The molecule has 4 rings (SSSR count). The van der Waals surface area contributed by atoms with Gasteiger partial charge in [0, 0.05) is 24.0 Å². The van der Waals surface area contributed by atoms with Crippen LogP contribution in [0.2, 0.25) is 0 Å². The number of rotatable bonds is 5. The summed E-state index contributed by atoms with van der Waals surface area (Å²) < 4.78 is 0. The van der Waals surface area contributed by atoms with Crippen LogP contribution in [0.5, 0.6) is 0 Å². The Morgan fingerprint density at radius 2 is 2.17 bits per heavy atom. The molecule has 23 heavy (non-hydrogen) atoms. The van der Waals surface area contributed by atoms with Crippen LogP contribution in [0.25, 0.3) is 0 Å². The van der Waals surface area contributed by atoms with Gasteiger partial charge in [0.1, 0.15) is 5.01 Å². The quantitative estimate of drug-likeness (QED) is 0.769. The Bertz CT molecular complexity index is 721. The number of anilines is 1. The molecule has 2 aromatic rings. The molecular weight excluding hydrogens is 330 g/mol. The fourth-order valence-corrected chi connectivity index (χ4v) is 4.47. The maximum atomic E-state index is 12.2. The van der Waals surface area contributed by atoms with Gasteiger partial charge in [-0.15, -0.1) is 21.5 Å². The second-order valence-corrected chi connectivity index (χ2v) is 8.46. The largest absolute Gasteiger partial charge is 0.328 e. The summed E-state index contributed by atoms with van der Waals surface area (Å²) in [5, 5.41) is 17.8. The Morgan fingerprint density at radius 1 is 1.35 bits per heavy atom. The maximum absolute atomic E-state index is 12.2. The fourth-order valence-electron chi connectivity index (χ4n) is 3.02. The minimum absolute atomic E-state index is 0.104. The Labute approximate surface area is 142 Å². The molecule has 6 nitrogen and oxygen atoms in total. The van der Waals surface area contributed by atoms with Gasteiger partial charge in [-0.05, 0) is 43.2 Å². The van der Waals surface area contributed by atoms with Gasteiger partial charge in [0.05, 0.1) is 4.88 Å². The molecule has 4 N–H and O–H groups in total. The molecule has 0 aliphatic heterocycles. The summed E-state index contributed by atoms with van der Waals surface area (Å²) in [7, 11) is 0. The Balaban J connectivity index is 1.33. The van der Waals surface area contributed by atoms with Gasteiger partial charge in [-0.2, -0.15) is 0 Å². The highest BCUT2D eigenvalue weighted by Crippen LogP contribution is 2.43. The number of hydrogen-bond acceptors (Lipinski definition) is 7. The first-order valence-corrected chi connectivity index (χ1v) is 9.49. The summed E-state index contributed by atoms with van der Waals surface area (Å²) in [6.45, 7) is 1.87. The number of hydrogen-bond donors (Lipinski definition) is 3. The molecule has 2 atom stereocenters. The molecule has 2 unspecified atom stereocenters. The summed E-state index contributed by atoms with van der Waals surface area (Å²) in [4.78, 5) is 13.0. The second-order valence-electron chi connectivity index (χ2n) is 6.37. The van der Waals surface area contributed by atoms with E-state index in [4.69, 9.17) is 5.73 Å². The van der Waals surface area contributed by atoms with Crippen molar-refractivity contribution in [1.29, 1.82) is 0 Å². The van der Waals surface area contributed by atoms with E-state index < -0.39 is 0 Å². The number of aryl methyl sites for hydroxylation is 1. The average Bonchev–Trinajstić information content (AvgIpc) is 2.90. The average molecular weight is 349 g/mol. The first-order chi connectivity index (χ1) is 11.1. The van der Waals surface area contributed by atoms with Crippen molar-refractivity contribution in [3.05, 3.63) is 26.9 Å². The van der Waals surface area contributed by atoms with Crippen molar-refractivity contribution in [2.75, 3.05) is 5.32 Å². The van der Waals surface area contributed by atoms with Gasteiger partial charge >= 0.3 is 0 Å². The van der Waals surface area contributed by atoms with E-state index in [1.807, 2.05) is 13.0 Å². The Morgan fingerprint density at radius 3 is 2.87 bits per heavy atom. The van der Waals surface area contributed by atoms with Crippen LogP contribution < -0.4 is 16.4 Å². The summed E-state index contributed by atoms with van der Waals surface area (Å²) in [6, 6.07) is 3.52. The SMILES string of the molecule is Cc1nnc(NC(=O)c2cc(C3CC3NC3CC(N)C3)cs2)s1. The molecule has 122 valence electrons. The lowest BCUT2D eigenvalue weighted by Crippen LogP contribution is -2.49. The van der Waals surface area contributed by atoms with E-state index in [9.17, 15) is 4.79 Å². The highest BCUT2D eigenvalue weighted by atomic mass is 32.1. The van der Waals surface area contributed by atoms with Crippen LogP contribution in [0, 0.1) is 6.92 Å². The van der Waals surface area contributed by atoms with E-state index >= 15 is 0 Å². The number of nitrogens with zero attached hydrogens (tertiary/aromatic N) is 2. The van der Waals surface area contributed by atoms with E-state index in [-0.39, 0.29) is 5.91 Å². The van der Waals surface area contributed by atoms with Crippen LogP contribution >= 0.6 is 22.7 Å². The number of amides is 1. The highest BCUT2D eigenvalue weighted by Gasteiger charge is 2.42. The minimum atomic E-state index is -0.104. The van der Waals surface area contributed by atoms with Crippen molar-refractivity contribution >= 4 is 33.7 Å². The Kier molecular flexibility index (Phi) is 3.92. The van der Waals surface area contributed by atoms with Gasteiger partial charge < -0.3 is 11.1 Å². The van der Waals surface area contributed by atoms with Gasteiger partial charge in [-0.3, -0.25) is 10.1 Å². The van der Waals surface area contributed by atoms with Gasteiger partial charge in [-0.25, -0.2) is 0 Å². The molecule has 2 fully saturated rings. The zero-order valence-electron chi connectivity index (χ0n) is 12.8. The molecule has 2 aromatic heterocycles. The summed E-state index contributed by atoms with van der Waals surface area (Å²) in [5.74, 6) is 0.431. The number of carbonyl (C=O) groups excluding carboxylic acids is 1. The zero-order valence-corrected chi connectivity index (χ0v) is 14.4. The molecule has 2 aliphatic carbocycles. The molecule has 0 spiro atoms. The Hall–Kier alpha value is -1.35. The molecule has 8 heteroatoms. The van der Waals surface area contributed by atoms with Crippen LogP contribution in [0.3, 0.4) is 0 Å². The molecular formula is C15H19N5OS2. The van der Waals surface area contributed by atoms with E-state index in [1.165, 1.54) is 28.2 Å². The van der Waals surface area contributed by atoms with Gasteiger partial charge in [0.25, 0.3) is 5.91 Å². The molecule has 2 heterocycles. The summed E-state index contributed by atoms with van der Waals surface area (Å²) in [5.41, 5.74) is 7.08. The molecule has 0 aromatic carbocycles. The van der Waals surface area contributed by atoms with E-state index in [1.54, 1.807) is 0 Å². The number of carbonyl (C=O) groups is 1. The minimum Gasteiger partial charge on any atom is -0.328 e. The van der Waals surface area contributed by atoms with Crippen molar-refractivity contribution in [3.63, 3.8) is 0 Å². The van der Waals surface area contributed by atoms with E-state index in [0.717, 1.165) is 29.1 Å². The third-order valence-electron chi connectivity index (χ3n) is 4.43. The van der Waals surface area contributed by atoms with E-state index in [0.29, 0.717) is 29.2 Å². The smallest absolute Gasteiger partial charge is 0.267 e. The maximum Gasteiger partial charge on any atom is 0.267 e. The highest BCUT2D eigenvalue weighted by molar-refractivity contribution is 7.15. The lowest BCUT2D eigenvalue weighted by Gasteiger charge is -2.33. The normalized spacial score (nSPS) is 29.1. The van der Waals surface area contributed by atoms with Crippen molar-refractivity contribution in [2.45, 2.75) is 50.2 Å². The lowest BCUT2D eigenvalue weighted by atomic mass is 9.87. The topological polar surface area (TPSA) is 92.9 Å². The zero-order chi connectivity index (χ0) is 16.0. The number of thiophene rings is 1.